The van der Waals surface area contributed by atoms with E-state index >= 15 is 0 Å². The van der Waals surface area contributed by atoms with Gasteiger partial charge in [0.25, 0.3) is 0 Å². The summed E-state index contributed by atoms with van der Waals surface area (Å²) in [6, 6.07) is 11.3. The van der Waals surface area contributed by atoms with Crippen LogP contribution in [0.3, 0.4) is 0 Å². The standard InChI is InChI=1S/C13H12N2O3/c16-13(17)10-8-11-12(9-4-2-1-3-5-9)18-7-6-15(11)14-10/h1-5,8,12H,6-7H2,(H,16,17). The SMILES string of the molecule is O=C(O)c1cc2n(n1)CCOC2c1ccccc1. The molecule has 0 aliphatic carbocycles. The zero-order chi connectivity index (χ0) is 12.5. The van der Waals surface area contributed by atoms with Crippen LogP contribution in [0.25, 0.3) is 0 Å². The normalized spacial score (nSPS) is 18.3. The number of ether oxygens (including phenoxy) is 1. The molecule has 1 N–H and O–H groups in total. The molecule has 0 fully saturated rings. The van der Waals surface area contributed by atoms with Gasteiger partial charge in [0.15, 0.2) is 5.69 Å². The molecule has 0 saturated heterocycles. The number of nitrogens with zero attached hydrogens (tertiary/aromatic N) is 2. The lowest BCUT2D eigenvalue weighted by Crippen LogP contribution is -2.22. The van der Waals surface area contributed by atoms with Gasteiger partial charge in [-0.2, -0.15) is 5.10 Å². The fraction of sp³-hybridized carbons (Fsp3) is 0.231. The maximum atomic E-state index is 10.9. The van der Waals surface area contributed by atoms with Crippen LogP contribution in [0, 0.1) is 0 Å². The lowest BCUT2D eigenvalue weighted by molar-refractivity contribution is 0.0420. The molecule has 1 aromatic carbocycles. The van der Waals surface area contributed by atoms with Crippen molar-refractivity contribution in [1.29, 1.82) is 0 Å². The molecule has 1 aliphatic rings. The fourth-order valence-electron chi connectivity index (χ4n) is 2.16. The van der Waals surface area contributed by atoms with Gasteiger partial charge in [-0.3, -0.25) is 4.68 Å². The van der Waals surface area contributed by atoms with E-state index in [2.05, 4.69) is 5.10 Å². The predicted molar refractivity (Wildman–Crippen MR) is 63.4 cm³/mol. The molecule has 92 valence electrons. The van der Waals surface area contributed by atoms with Crippen molar-refractivity contribution >= 4 is 5.97 Å². The summed E-state index contributed by atoms with van der Waals surface area (Å²) >= 11 is 0. The van der Waals surface area contributed by atoms with E-state index in [0.717, 1.165) is 11.3 Å². The summed E-state index contributed by atoms with van der Waals surface area (Å²) in [6.07, 6.45) is -0.236. The van der Waals surface area contributed by atoms with Crippen molar-refractivity contribution in [3.63, 3.8) is 0 Å². The zero-order valence-corrected chi connectivity index (χ0v) is 9.61. The Morgan fingerprint density at radius 2 is 2.17 bits per heavy atom. The minimum absolute atomic E-state index is 0.0661. The van der Waals surface area contributed by atoms with E-state index in [4.69, 9.17) is 9.84 Å². The number of benzene rings is 1. The van der Waals surface area contributed by atoms with Gasteiger partial charge < -0.3 is 9.84 Å². The molecule has 1 unspecified atom stereocenters. The van der Waals surface area contributed by atoms with Crippen molar-refractivity contribution in [3.05, 3.63) is 53.3 Å². The first-order valence-corrected chi connectivity index (χ1v) is 5.73. The lowest BCUT2D eigenvalue weighted by Gasteiger charge is -2.24. The Hall–Kier alpha value is -2.14. The highest BCUT2D eigenvalue weighted by molar-refractivity contribution is 5.85. The molecule has 0 saturated carbocycles. The van der Waals surface area contributed by atoms with Crippen LogP contribution in [0.15, 0.2) is 36.4 Å². The summed E-state index contributed by atoms with van der Waals surface area (Å²) in [4.78, 5) is 10.9. The average molecular weight is 244 g/mol. The van der Waals surface area contributed by atoms with E-state index in [1.165, 1.54) is 0 Å². The Labute approximate surface area is 104 Å². The van der Waals surface area contributed by atoms with Crippen LogP contribution in [-0.4, -0.2) is 27.5 Å². The highest BCUT2D eigenvalue weighted by Crippen LogP contribution is 2.29. The molecular formula is C13H12N2O3. The van der Waals surface area contributed by atoms with E-state index in [-0.39, 0.29) is 11.8 Å². The van der Waals surface area contributed by atoms with Crippen LogP contribution in [0.2, 0.25) is 0 Å². The van der Waals surface area contributed by atoms with Crippen LogP contribution in [0.1, 0.15) is 27.8 Å². The molecule has 0 radical (unpaired) electrons. The number of hydrogen-bond donors (Lipinski definition) is 1. The monoisotopic (exact) mass is 244 g/mol. The van der Waals surface area contributed by atoms with Crippen LogP contribution in [0.5, 0.6) is 0 Å². The second kappa shape index (κ2) is 4.27. The van der Waals surface area contributed by atoms with Gasteiger partial charge in [-0.15, -0.1) is 0 Å². The van der Waals surface area contributed by atoms with Gasteiger partial charge in [-0.1, -0.05) is 30.3 Å². The molecule has 2 heterocycles. The molecule has 0 amide bonds. The summed E-state index contributed by atoms with van der Waals surface area (Å²) in [7, 11) is 0. The minimum atomic E-state index is -1.01. The quantitative estimate of drug-likeness (QED) is 0.873. The van der Waals surface area contributed by atoms with Crippen molar-refractivity contribution in [2.45, 2.75) is 12.6 Å². The molecule has 0 bridgehead atoms. The molecular weight excluding hydrogens is 232 g/mol. The third-order valence-corrected chi connectivity index (χ3v) is 2.99. The van der Waals surface area contributed by atoms with Gasteiger partial charge in [-0.25, -0.2) is 4.79 Å². The van der Waals surface area contributed by atoms with Crippen LogP contribution in [-0.2, 0) is 11.3 Å². The molecule has 2 aromatic rings. The minimum Gasteiger partial charge on any atom is -0.476 e. The molecule has 3 rings (SSSR count). The Balaban J connectivity index is 2.04. The van der Waals surface area contributed by atoms with Crippen molar-refractivity contribution in [2.24, 2.45) is 0 Å². The van der Waals surface area contributed by atoms with Crippen LogP contribution in [0.4, 0.5) is 0 Å². The van der Waals surface area contributed by atoms with Gasteiger partial charge in [0.1, 0.15) is 6.10 Å². The number of carboxylic acid groups (broad SMARTS) is 1. The van der Waals surface area contributed by atoms with Crippen molar-refractivity contribution in [1.82, 2.24) is 9.78 Å². The van der Waals surface area contributed by atoms with E-state index in [9.17, 15) is 4.79 Å². The molecule has 1 aliphatic heterocycles. The number of rotatable bonds is 2. The first kappa shape index (κ1) is 11.0. The highest BCUT2D eigenvalue weighted by Gasteiger charge is 2.26. The first-order chi connectivity index (χ1) is 8.75. The topological polar surface area (TPSA) is 64.3 Å². The summed E-state index contributed by atoms with van der Waals surface area (Å²) in [5.74, 6) is -1.01. The Kier molecular flexibility index (Phi) is 2.60. The maximum Gasteiger partial charge on any atom is 0.356 e. The van der Waals surface area contributed by atoms with E-state index in [1.54, 1.807) is 10.7 Å². The summed E-state index contributed by atoms with van der Waals surface area (Å²) < 4.78 is 7.44. The number of aromatic carboxylic acids is 1. The molecule has 1 aromatic heterocycles. The van der Waals surface area contributed by atoms with Gasteiger partial charge in [0.2, 0.25) is 0 Å². The second-order valence-electron chi connectivity index (χ2n) is 4.14. The molecule has 5 nitrogen and oxygen atoms in total. The molecule has 0 spiro atoms. The van der Waals surface area contributed by atoms with Crippen molar-refractivity contribution in [3.8, 4) is 0 Å². The lowest BCUT2D eigenvalue weighted by atomic mass is 10.1. The van der Waals surface area contributed by atoms with Gasteiger partial charge >= 0.3 is 5.97 Å². The number of aromatic nitrogens is 2. The van der Waals surface area contributed by atoms with Crippen molar-refractivity contribution in [2.75, 3.05) is 6.61 Å². The Morgan fingerprint density at radius 3 is 2.89 bits per heavy atom. The zero-order valence-electron chi connectivity index (χ0n) is 9.61. The number of carbonyl (C=O) groups is 1. The number of carboxylic acids is 1. The van der Waals surface area contributed by atoms with Gasteiger partial charge in [0.05, 0.1) is 18.8 Å². The summed E-state index contributed by atoms with van der Waals surface area (Å²) in [5.41, 5.74) is 1.87. The maximum absolute atomic E-state index is 10.9. The predicted octanol–water partition coefficient (Wildman–Crippen LogP) is 1.70. The number of fused-ring (bicyclic) bond motifs is 1. The summed E-state index contributed by atoms with van der Waals surface area (Å²) in [6.45, 7) is 1.12. The van der Waals surface area contributed by atoms with E-state index in [1.807, 2.05) is 30.3 Å². The average Bonchev–Trinajstić information content (AvgIpc) is 2.83. The van der Waals surface area contributed by atoms with Gasteiger partial charge in [-0.05, 0) is 11.6 Å². The molecule has 1 atom stereocenters. The Bertz CT molecular complexity index is 577. The van der Waals surface area contributed by atoms with Crippen LogP contribution < -0.4 is 0 Å². The van der Waals surface area contributed by atoms with Gasteiger partial charge in [0, 0.05) is 0 Å². The fourth-order valence-corrected chi connectivity index (χ4v) is 2.16. The largest absolute Gasteiger partial charge is 0.476 e. The molecule has 5 heteroatoms. The Morgan fingerprint density at radius 1 is 1.39 bits per heavy atom. The number of hydrogen-bond acceptors (Lipinski definition) is 3. The van der Waals surface area contributed by atoms with Crippen LogP contribution >= 0.6 is 0 Å². The first-order valence-electron chi connectivity index (χ1n) is 5.73. The van der Waals surface area contributed by atoms with Crippen molar-refractivity contribution < 1.29 is 14.6 Å². The highest BCUT2D eigenvalue weighted by atomic mass is 16.5. The summed E-state index contributed by atoms with van der Waals surface area (Å²) in [5, 5.41) is 13.0. The molecule has 18 heavy (non-hydrogen) atoms. The smallest absolute Gasteiger partial charge is 0.356 e. The second-order valence-corrected chi connectivity index (χ2v) is 4.14. The third-order valence-electron chi connectivity index (χ3n) is 2.99. The third kappa shape index (κ3) is 1.78. The van der Waals surface area contributed by atoms with E-state index < -0.39 is 5.97 Å². The van der Waals surface area contributed by atoms with E-state index in [0.29, 0.717) is 13.2 Å².